The molecule has 5 heteroatoms. The smallest absolute Gasteiger partial charge is 0.123 e. The SMILES string of the molecule is C=C(/C=C\C(=C)c1cnc([C@@H]2CCCCC2C=O)[nH]1)c1ccc(-c2cnc[nH]2)cc1. The van der Waals surface area contributed by atoms with Gasteiger partial charge >= 0.3 is 0 Å². The summed E-state index contributed by atoms with van der Waals surface area (Å²) in [4.78, 5) is 26.5. The number of aromatic nitrogens is 4. The number of aldehydes is 1. The van der Waals surface area contributed by atoms with Gasteiger partial charge in [-0.3, -0.25) is 0 Å². The first-order chi connectivity index (χ1) is 14.7. The number of allylic oxidation sites excluding steroid dienone is 4. The van der Waals surface area contributed by atoms with Crippen molar-refractivity contribution in [2.45, 2.75) is 31.6 Å². The van der Waals surface area contributed by atoms with Crippen molar-refractivity contribution in [1.29, 1.82) is 0 Å². The highest BCUT2D eigenvalue weighted by Gasteiger charge is 2.28. The predicted molar refractivity (Wildman–Crippen MR) is 121 cm³/mol. The third kappa shape index (κ3) is 4.25. The van der Waals surface area contributed by atoms with Crippen LogP contribution in [0.3, 0.4) is 0 Å². The van der Waals surface area contributed by atoms with Gasteiger partial charge in [-0.05, 0) is 35.1 Å². The summed E-state index contributed by atoms with van der Waals surface area (Å²) in [6, 6.07) is 8.18. The van der Waals surface area contributed by atoms with E-state index in [0.29, 0.717) is 0 Å². The van der Waals surface area contributed by atoms with Gasteiger partial charge in [0.2, 0.25) is 0 Å². The molecule has 2 atom stereocenters. The lowest BCUT2D eigenvalue weighted by Crippen LogP contribution is -2.20. The number of rotatable bonds is 7. The zero-order chi connectivity index (χ0) is 20.9. The molecule has 30 heavy (non-hydrogen) atoms. The highest BCUT2D eigenvalue weighted by Crippen LogP contribution is 2.35. The van der Waals surface area contributed by atoms with Gasteiger partial charge in [0, 0.05) is 11.8 Å². The van der Waals surface area contributed by atoms with Gasteiger partial charge in [0.25, 0.3) is 0 Å². The first kappa shape index (κ1) is 19.8. The molecule has 1 unspecified atom stereocenters. The fraction of sp³-hybridized carbons (Fsp3) is 0.240. The second-order valence-electron chi connectivity index (χ2n) is 7.80. The molecule has 2 heterocycles. The summed E-state index contributed by atoms with van der Waals surface area (Å²) in [5, 5.41) is 0. The maximum Gasteiger partial charge on any atom is 0.123 e. The summed E-state index contributed by atoms with van der Waals surface area (Å²) in [6.07, 6.45) is 14.5. The van der Waals surface area contributed by atoms with Gasteiger partial charge in [-0.2, -0.15) is 0 Å². The highest BCUT2D eigenvalue weighted by molar-refractivity contribution is 5.79. The minimum absolute atomic E-state index is 0.0612. The molecule has 0 bridgehead atoms. The molecule has 1 aromatic carbocycles. The molecule has 1 aliphatic carbocycles. The Morgan fingerprint density at radius 3 is 2.53 bits per heavy atom. The summed E-state index contributed by atoms with van der Waals surface area (Å²) in [7, 11) is 0. The quantitative estimate of drug-likeness (QED) is 0.404. The molecule has 1 aliphatic rings. The van der Waals surface area contributed by atoms with E-state index in [1.807, 2.05) is 36.4 Å². The molecule has 152 valence electrons. The van der Waals surface area contributed by atoms with Crippen LogP contribution in [0.4, 0.5) is 0 Å². The monoisotopic (exact) mass is 398 g/mol. The van der Waals surface area contributed by atoms with E-state index in [9.17, 15) is 4.79 Å². The number of benzene rings is 1. The van der Waals surface area contributed by atoms with Crippen LogP contribution in [-0.4, -0.2) is 26.2 Å². The van der Waals surface area contributed by atoms with Crippen LogP contribution in [-0.2, 0) is 4.79 Å². The van der Waals surface area contributed by atoms with Crippen molar-refractivity contribution in [1.82, 2.24) is 19.9 Å². The molecule has 2 aromatic heterocycles. The molecular weight excluding hydrogens is 372 g/mol. The summed E-state index contributed by atoms with van der Waals surface area (Å²) < 4.78 is 0. The van der Waals surface area contributed by atoms with Crippen molar-refractivity contribution < 1.29 is 4.79 Å². The Balaban J connectivity index is 1.41. The van der Waals surface area contributed by atoms with Gasteiger partial charge in [0.1, 0.15) is 12.1 Å². The Kier molecular flexibility index (Phi) is 5.89. The molecule has 3 aromatic rings. The molecule has 0 saturated heterocycles. The third-order valence-corrected chi connectivity index (χ3v) is 5.84. The van der Waals surface area contributed by atoms with Crippen LogP contribution >= 0.6 is 0 Å². The summed E-state index contributed by atoms with van der Waals surface area (Å²) in [5.74, 6) is 1.14. The van der Waals surface area contributed by atoms with Crippen molar-refractivity contribution in [2.24, 2.45) is 5.92 Å². The van der Waals surface area contributed by atoms with Gasteiger partial charge in [0.05, 0.1) is 30.1 Å². The minimum Gasteiger partial charge on any atom is -0.345 e. The van der Waals surface area contributed by atoms with Crippen LogP contribution < -0.4 is 0 Å². The van der Waals surface area contributed by atoms with Crippen molar-refractivity contribution in [3.05, 3.63) is 85.4 Å². The first-order valence-electron chi connectivity index (χ1n) is 10.3. The fourth-order valence-electron chi connectivity index (χ4n) is 4.01. The lowest BCUT2D eigenvalue weighted by atomic mass is 9.80. The van der Waals surface area contributed by atoms with Gasteiger partial charge in [-0.1, -0.05) is 62.4 Å². The average molecular weight is 399 g/mol. The lowest BCUT2D eigenvalue weighted by molar-refractivity contribution is -0.112. The predicted octanol–water partition coefficient (Wildman–Crippen LogP) is 5.56. The van der Waals surface area contributed by atoms with Crippen molar-refractivity contribution in [2.75, 3.05) is 0 Å². The standard InChI is InChI=1S/C25H26N4O/c1-17(19-9-11-20(12-10-19)24-13-26-16-28-24)7-8-18(2)23-14-27-25(29-23)22-6-4-3-5-21(22)15-30/h7-16,21-22H,1-6H2,(H,26,28)(H,27,29)/b8-7-/t21?,22-/m1/s1. The summed E-state index contributed by atoms with van der Waals surface area (Å²) in [5.41, 5.74) is 5.73. The summed E-state index contributed by atoms with van der Waals surface area (Å²) in [6.45, 7) is 8.33. The zero-order valence-electron chi connectivity index (χ0n) is 17.0. The van der Waals surface area contributed by atoms with Crippen LogP contribution in [0.1, 0.15) is 48.7 Å². The number of nitrogens with zero attached hydrogens (tertiary/aromatic N) is 2. The van der Waals surface area contributed by atoms with Crippen molar-refractivity contribution in [3.8, 4) is 11.3 Å². The van der Waals surface area contributed by atoms with E-state index in [0.717, 1.165) is 71.5 Å². The van der Waals surface area contributed by atoms with E-state index < -0.39 is 0 Å². The molecule has 0 radical (unpaired) electrons. The number of hydrogen-bond acceptors (Lipinski definition) is 3. The Bertz CT molecular complexity index is 1060. The van der Waals surface area contributed by atoms with Gasteiger partial charge in [-0.15, -0.1) is 0 Å². The topological polar surface area (TPSA) is 74.4 Å². The molecule has 0 amide bonds. The van der Waals surface area contributed by atoms with Crippen molar-refractivity contribution in [3.63, 3.8) is 0 Å². The molecule has 5 nitrogen and oxygen atoms in total. The Labute approximate surface area is 176 Å². The van der Waals surface area contributed by atoms with Gasteiger partial charge < -0.3 is 14.8 Å². The van der Waals surface area contributed by atoms with E-state index in [2.05, 4.69) is 33.1 Å². The molecule has 4 rings (SSSR count). The number of H-pyrrole nitrogens is 2. The second kappa shape index (κ2) is 8.91. The van der Waals surface area contributed by atoms with E-state index in [-0.39, 0.29) is 11.8 Å². The highest BCUT2D eigenvalue weighted by atomic mass is 16.1. The number of carbonyl (C=O) groups is 1. The molecule has 1 saturated carbocycles. The average Bonchev–Trinajstić information content (AvgIpc) is 3.50. The largest absolute Gasteiger partial charge is 0.345 e. The Morgan fingerprint density at radius 2 is 1.80 bits per heavy atom. The molecule has 0 aliphatic heterocycles. The molecule has 2 N–H and O–H groups in total. The van der Waals surface area contributed by atoms with Crippen molar-refractivity contribution >= 4 is 17.4 Å². The number of nitrogens with one attached hydrogen (secondary N) is 2. The molecule has 1 fully saturated rings. The number of hydrogen-bond donors (Lipinski definition) is 2. The zero-order valence-corrected chi connectivity index (χ0v) is 17.0. The second-order valence-corrected chi connectivity index (χ2v) is 7.80. The number of imidazole rings is 2. The van der Waals surface area contributed by atoms with Crippen LogP contribution in [0, 0.1) is 5.92 Å². The lowest BCUT2D eigenvalue weighted by Gasteiger charge is -2.25. The van der Waals surface area contributed by atoms with Crippen LogP contribution in [0.15, 0.2) is 68.3 Å². The van der Waals surface area contributed by atoms with E-state index in [4.69, 9.17) is 0 Å². The van der Waals surface area contributed by atoms with E-state index in [1.165, 1.54) is 0 Å². The maximum atomic E-state index is 11.4. The molecule has 0 spiro atoms. The van der Waals surface area contributed by atoms with Crippen LogP contribution in [0.2, 0.25) is 0 Å². The third-order valence-electron chi connectivity index (χ3n) is 5.84. The normalized spacial score (nSPS) is 19.1. The van der Waals surface area contributed by atoms with Gasteiger partial charge in [0.15, 0.2) is 0 Å². The van der Waals surface area contributed by atoms with E-state index >= 15 is 0 Å². The first-order valence-corrected chi connectivity index (χ1v) is 10.3. The van der Waals surface area contributed by atoms with Crippen LogP contribution in [0.5, 0.6) is 0 Å². The number of carbonyl (C=O) groups excluding carboxylic acids is 1. The maximum absolute atomic E-state index is 11.4. The fourth-order valence-corrected chi connectivity index (χ4v) is 4.01. The Morgan fingerprint density at radius 1 is 1.03 bits per heavy atom. The van der Waals surface area contributed by atoms with Crippen LogP contribution in [0.25, 0.3) is 22.4 Å². The number of aromatic amines is 2. The Hall–Kier alpha value is -3.47. The minimum atomic E-state index is 0.0612. The van der Waals surface area contributed by atoms with Gasteiger partial charge in [-0.25, -0.2) is 9.97 Å². The summed E-state index contributed by atoms with van der Waals surface area (Å²) >= 11 is 0. The van der Waals surface area contributed by atoms with E-state index in [1.54, 1.807) is 18.7 Å². The molecular formula is C25H26N4O.